The van der Waals surface area contributed by atoms with Gasteiger partial charge in [0, 0.05) is 13.0 Å². The molecule has 19 heavy (non-hydrogen) atoms. The second-order valence-corrected chi connectivity index (χ2v) is 5.08. The van der Waals surface area contributed by atoms with E-state index in [1.54, 1.807) is 4.68 Å². The van der Waals surface area contributed by atoms with E-state index in [4.69, 9.17) is 0 Å². The molecule has 0 aliphatic carbocycles. The number of nitrogens with zero attached hydrogens (tertiary/aromatic N) is 2. The molecule has 0 saturated carbocycles. The van der Waals surface area contributed by atoms with Gasteiger partial charge >= 0.3 is 0 Å². The highest BCUT2D eigenvalue weighted by molar-refractivity contribution is 5.96. The molecular formula is C16H20N2O. The molecule has 0 aliphatic rings. The molecule has 1 aromatic carbocycles. The SMILES string of the molecule is CCn1nc(C)cc1C(=O)Cc1cc(C)cc(C)c1. The number of benzene rings is 1. The lowest BCUT2D eigenvalue weighted by molar-refractivity contribution is 0.0983. The number of ketones is 1. The maximum atomic E-state index is 12.4. The summed E-state index contributed by atoms with van der Waals surface area (Å²) in [5.74, 6) is 0.132. The van der Waals surface area contributed by atoms with Gasteiger partial charge in [-0.3, -0.25) is 9.48 Å². The Balaban J connectivity index is 2.25. The van der Waals surface area contributed by atoms with E-state index in [0.29, 0.717) is 12.1 Å². The standard InChI is InChI=1S/C16H20N2O/c1-5-18-15(9-13(4)17-18)16(19)10-14-7-11(2)6-12(3)8-14/h6-9H,5,10H2,1-4H3. The van der Waals surface area contributed by atoms with Crippen molar-refractivity contribution in [1.29, 1.82) is 0 Å². The number of carbonyl (C=O) groups excluding carboxylic acids is 1. The van der Waals surface area contributed by atoms with Crippen molar-refractivity contribution in [3.8, 4) is 0 Å². The average molecular weight is 256 g/mol. The van der Waals surface area contributed by atoms with Crippen molar-refractivity contribution in [3.63, 3.8) is 0 Å². The number of Topliss-reactive ketones (excluding diaryl/α,β-unsaturated/α-hetero) is 1. The van der Waals surface area contributed by atoms with Crippen LogP contribution in [0.15, 0.2) is 24.3 Å². The predicted octanol–water partition coefficient (Wildman–Crippen LogP) is 3.25. The molecule has 2 rings (SSSR count). The largest absolute Gasteiger partial charge is 0.292 e. The van der Waals surface area contributed by atoms with Gasteiger partial charge in [-0.25, -0.2) is 0 Å². The molecule has 0 saturated heterocycles. The summed E-state index contributed by atoms with van der Waals surface area (Å²) in [6.45, 7) is 8.75. The molecule has 0 unspecified atom stereocenters. The molecule has 100 valence electrons. The highest BCUT2D eigenvalue weighted by Gasteiger charge is 2.13. The quantitative estimate of drug-likeness (QED) is 0.787. The fraction of sp³-hybridized carbons (Fsp3) is 0.375. The number of hydrogen-bond acceptors (Lipinski definition) is 2. The highest BCUT2D eigenvalue weighted by Crippen LogP contribution is 2.13. The summed E-state index contributed by atoms with van der Waals surface area (Å²) in [6.07, 6.45) is 0.438. The fourth-order valence-electron chi connectivity index (χ4n) is 2.46. The normalized spacial score (nSPS) is 10.7. The van der Waals surface area contributed by atoms with Gasteiger partial charge in [0.1, 0.15) is 5.69 Å². The van der Waals surface area contributed by atoms with Crippen LogP contribution in [0.5, 0.6) is 0 Å². The van der Waals surface area contributed by atoms with Crippen LogP contribution in [-0.4, -0.2) is 15.6 Å². The zero-order valence-electron chi connectivity index (χ0n) is 12.0. The van der Waals surface area contributed by atoms with Crippen LogP contribution in [0.1, 0.15) is 39.8 Å². The molecule has 0 aliphatic heterocycles. The maximum Gasteiger partial charge on any atom is 0.185 e. The monoisotopic (exact) mass is 256 g/mol. The van der Waals surface area contributed by atoms with Crippen LogP contribution in [0.2, 0.25) is 0 Å². The van der Waals surface area contributed by atoms with E-state index in [9.17, 15) is 4.79 Å². The van der Waals surface area contributed by atoms with E-state index in [0.717, 1.165) is 17.8 Å². The van der Waals surface area contributed by atoms with E-state index in [1.807, 2.05) is 19.9 Å². The van der Waals surface area contributed by atoms with Crippen LogP contribution < -0.4 is 0 Å². The third kappa shape index (κ3) is 3.11. The van der Waals surface area contributed by atoms with Crippen LogP contribution in [0.3, 0.4) is 0 Å². The number of rotatable bonds is 4. The molecule has 0 radical (unpaired) electrons. The Morgan fingerprint density at radius 2 is 1.74 bits per heavy atom. The first-order valence-electron chi connectivity index (χ1n) is 6.64. The molecule has 0 N–H and O–H groups in total. The van der Waals surface area contributed by atoms with Gasteiger partial charge in [-0.05, 0) is 39.3 Å². The third-order valence-corrected chi connectivity index (χ3v) is 3.13. The minimum absolute atomic E-state index is 0.132. The van der Waals surface area contributed by atoms with Gasteiger partial charge in [-0.1, -0.05) is 29.3 Å². The molecule has 0 atom stereocenters. The molecule has 3 heteroatoms. The lowest BCUT2D eigenvalue weighted by Crippen LogP contribution is -2.11. The summed E-state index contributed by atoms with van der Waals surface area (Å²) in [7, 11) is 0. The van der Waals surface area contributed by atoms with Crippen molar-refractivity contribution in [3.05, 3.63) is 52.3 Å². The highest BCUT2D eigenvalue weighted by atomic mass is 16.1. The van der Waals surface area contributed by atoms with E-state index < -0.39 is 0 Å². The molecule has 0 spiro atoms. The van der Waals surface area contributed by atoms with Crippen LogP contribution in [0.25, 0.3) is 0 Å². The summed E-state index contributed by atoms with van der Waals surface area (Å²) in [5, 5.41) is 4.32. The molecule has 0 fully saturated rings. The lowest BCUT2D eigenvalue weighted by atomic mass is 10.0. The predicted molar refractivity (Wildman–Crippen MR) is 76.6 cm³/mol. The zero-order valence-corrected chi connectivity index (χ0v) is 12.0. The van der Waals surface area contributed by atoms with Gasteiger partial charge in [0.15, 0.2) is 5.78 Å². The molecular weight excluding hydrogens is 236 g/mol. The van der Waals surface area contributed by atoms with Gasteiger partial charge in [0.05, 0.1) is 5.69 Å². The van der Waals surface area contributed by atoms with Gasteiger partial charge in [0.2, 0.25) is 0 Å². The molecule has 0 amide bonds. The van der Waals surface area contributed by atoms with Crippen LogP contribution in [0, 0.1) is 20.8 Å². The van der Waals surface area contributed by atoms with E-state index in [-0.39, 0.29) is 5.78 Å². The first-order chi connectivity index (χ1) is 8.99. The Hall–Kier alpha value is -1.90. The third-order valence-electron chi connectivity index (χ3n) is 3.13. The summed E-state index contributed by atoms with van der Waals surface area (Å²) in [5.41, 5.74) is 5.07. The molecule has 0 bridgehead atoms. The smallest absolute Gasteiger partial charge is 0.185 e. The Labute approximate surface area is 114 Å². The molecule has 2 aromatic rings. The fourth-order valence-corrected chi connectivity index (χ4v) is 2.46. The van der Waals surface area contributed by atoms with Gasteiger partial charge in [-0.15, -0.1) is 0 Å². The second kappa shape index (κ2) is 5.39. The lowest BCUT2D eigenvalue weighted by Gasteiger charge is -2.06. The van der Waals surface area contributed by atoms with Crippen molar-refractivity contribution in [2.75, 3.05) is 0 Å². The van der Waals surface area contributed by atoms with Crippen molar-refractivity contribution in [2.24, 2.45) is 0 Å². The van der Waals surface area contributed by atoms with E-state index >= 15 is 0 Å². The van der Waals surface area contributed by atoms with Crippen LogP contribution in [-0.2, 0) is 13.0 Å². The topological polar surface area (TPSA) is 34.9 Å². The summed E-state index contributed by atoms with van der Waals surface area (Å²) in [6, 6.07) is 8.14. The summed E-state index contributed by atoms with van der Waals surface area (Å²) < 4.78 is 1.78. The van der Waals surface area contributed by atoms with Crippen molar-refractivity contribution < 1.29 is 4.79 Å². The van der Waals surface area contributed by atoms with Gasteiger partial charge in [-0.2, -0.15) is 5.10 Å². The van der Waals surface area contributed by atoms with Crippen LogP contribution >= 0.6 is 0 Å². The molecule has 1 heterocycles. The zero-order chi connectivity index (χ0) is 14.0. The number of hydrogen-bond donors (Lipinski definition) is 0. The Bertz CT molecular complexity index is 591. The minimum Gasteiger partial charge on any atom is -0.292 e. The Morgan fingerprint density at radius 1 is 1.11 bits per heavy atom. The number of aryl methyl sites for hydroxylation is 4. The van der Waals surface area contributed by atoms with Crippen molar-refractivity contribution in [1.82, 2.24) is 9.78 Å². The molecule has 3 nitrogen and oxygen atoms in total. The van der Waals surface area contributed by atoms with Crippen molar-refractivity contribution >= 4 is 5.78 Å². The van der Waals surface area contributed by atoms with Crippen molar-refractivity contribution in [2.45, 2.75) is 40.7 Å². The van der Waals surface area contributed by atoms with E-state index in [2.05, 4.69) is 37.1 Å². The Kier molecular flexibility index (Phi) is 3.84. The second-order valence-electron chi connectivity index (χ2n) is 5.08. The average Bonchev–Trinajstić information content (AvgIpc) is 2.69. The van der Waals surface area contributed by atoms with Gasteiger partial charge in [0.25, 0.3) is 0 Å². The maximum absolute atomic E-state index is 12.4. The first-order valence-corrected chi connectivity index (χ1v) is 6.64. The minimum atomic E-state index is 0.132. The Morgan fingerprint density at radius 3 is 2.32 bits per heavy atom. The molecule has 1 aromatic heterocycles. The first kappa shape index (κ1) is 13.5. The summed E-state index contributed by atoms with van der Waals surface area (Å²) >= 11 is 0. The van der Waals surface area contributed by atoms with E-state index in [1.165, 1.54) is 11.1 Å². The van der Waals surface area contributed by atoms with Gasteiger partial charge < -0.3 is 0 Å². The number of aromatic nitrogens is 2. The van der Waals surface area contributed by atoms with Crippen LogP contribution in [0.4, 0.5) is 0 Å². The number of carbonyl (C=O) groups is 1. The summed E-state index contributed by atoms with van der Waals surface area (Å²) in [4.78, 5) is 12.4.